The van der Waals surface area contributed by atoms with Gasteiger partial charge in [0.05, 0.1) is 16.8 Å². The molecule has 2 N–H and O–H groups in total. The van der Waals surface area contributed by atoms with Crippen LogP contribution in [-0.2, 0) is 6.18 Å². The van der Waals surface area contributed by atoms with Crippen LogP contribution in [0.2, 0.25) is 0 Å². The van der Waals surface area contributed by atoms with Gasteiger partial charge < -0.3 is 15.4 Å². The van der Waals surface area contributed by atoms with Gasteiger partial charge in [0, 0.05) is 12.2 Å². The van der Waals surface area contributed by atoms with E-state index in [1.54, 1.807) is 18.2 Å². The number of nitrogens with one attached hydrogen (secondary N) is 2. The molecule has 3 rings (SSSR count). The molecular formula is C16H13F3N2O2. The summed E-state index contributed by atoms with van der Waals surface area (Å²) in [4.78, 5) is 12.3. The maximum atomic E-state index is 12.5. The van der Waals surface area contributed by atoms with Crippen molar-refractivity contribution in [2.75, 3.05) is 23.8 Å². The molecule has 0 aromatic heterocycles. The highest BCUT2D eigenvalue weighted by Crippen LogP contribution is 2.32. The van der Waals surface area contributed by atoms with Crippen LogP contribution in [0.15, 0.2) is 42.5 Å². The number of amides is 1. The molecule has 1 aliphatic rings. The van der Waals surface area contributed by atoms with Crippen LogP contribution in [0.25, 0.3) is 0 Å². The van der Waals surface area contributed by atoms with Gasteiger partial charge in [-0.05, 0) is 36.4 Å². The third-order valence-electron chi connectivity index (χ3n) is 3.39. The van der Waals surface area contributed by atoms with Crippen molar-refractivity contribution in [1.82, 2.24) is 0 Å². The summed E-state index contributed by atoms with van der Waals surface area (Å²) in [5, 5.41) is 5.69. The van der Waals surface area contributed by atoms with Gasteiger partial charge in [-0.2, -0.15) is 13.2 Å². The molecule has 7 heteroatoms. The van der Waals surface area contributed by atoms with E-state index < -0.39 is 17.6 Å². The summed E-state index contributed by atoms with van der Waals surface area (Å²) >= 11 is 0. The van der Waals surface area contributed by atoms with Gasteiger partial charge in [0.2, 0.25) is 0 Å². The highest BCUT2D eigenvalue weighted by atomic mass is 19.4. The molecule has 0 radical (unpaired) electrons. The predicted molar refractivity (Wildman–Crippen MR) is 79.8 cm³/mol. The molecule has 1 heterocycles. The standard InChI is InChI=1S/C16H13F3N2O2/c17-16(18,19)10-4-6-11(7-5-10)21-15(22)12-2-1-3-13-14(12)23-9-8-20-13/h1-7,20H,8-9H2,(H,21,22). The first-order valence-corrected chi connectivity index (χ1v) is 6.93. The number of hydrogen-bond acceptors (Lipinski definition) is 3. The summed E-state index contributed by atoms with van der Waals surface area (Å²) in [6.07, 6.45) is -4.40. The van der Waals surface area contributed by atoms with Gasteiger partial charge in [-0.15, -0.1) is 0 Å². The molecule has 0 aliphatic carbocycles. The van der Waals surface area contributed by atoms with Crippen LogP contribution in [0.4, 0.5) is 24.5 Å². The lowest BCUT2D eigenvalue weighted by molar-refractivity contribution is -0.137. The van der Waals surface area contributed by atoms with Gasteiger partial charge in [0.25, 0.3) is 5.91 Å². The van der Waals surface area contributed by atoms with Crippen molar-refractivity contribution < 1.29 is 22.7 Å². The molecule has 0 spiro atoms. The smallest absolute Gasteiger partial charge is 0.416 e. The Labute approximate surface area is 130 Å². The number of para-hydroxylation sites is 1. The van der Waals surface area contributed by atoms with Crippen LogP contribution in [0, 0.1) is 0 Å². The van der Waals surface area contributed by atoms with Gasteiger partial charge in [0.15, 0.2) is 5.75 Å². The Morgan fingerprint density at radius 3 is 2.57 bits per heavy atom. The minimum Gasteiger partial charge on any atom is -0.489 e. The predicted octanol–water partition coefficient (Wildman–Crippen LogP) is 3.76. The van der Waals surface area contributed by atoms with Crippen LogP contribution in [-0.4, -0.2) is 19.1 Å². The summed E-state index contributed by atoms with van der Waals surface area (Å²) in [5.74, 6) is 0.00784. The maximum Gasteiger partial charge on any atom is 0.416 e. The summed E-state index contributed by atoms with van der Waals surface area (Å²) < 4.78 is 43.1. The maximum absolute atomic E-state index is 12.5. The Morgan fingerprint density at radius 2 is 1.87 bits per heavy atom. The minimum atomic E-state index is -4.40. The topological polar surface area (TPSA) is 50.4 Å². The number of ether oxygens (including phenoxy) is 1. The Kier molecular flexibility index (Phi) is 3.85. The van der Waals surface area contributed by atoms with E-state index in [2.05, 4.69) is 10.6 Å². The van der Waals surface area contributed by atoms with Gasteiger partial charge in [0.1, 0.15) is 6.61 Å². The second-order valence-corrected chi connectivity index (χ2v) is 4.99. The second kappa shape index (κ2) is 5.83. The van der Waals surface area contributed by atoms with E-state index >= 15 is 0 Å². The van der Waals surface area contributed by atoms with Crippen LogP contribution in [0.5, 0.6) is 5.75 Å². The van der Waals surface area contributed by atoms with Crippen molar-refractivity contribution >= 4 is 17.3 Å². The Morgan fingerprint density at radius 1 is 1.13 bits per heavy atom. The fourth-order valence-corrected chi connectivity index (χ4v) is 2.29. The second-order valence-electron chi connectivity index (χ2n) is 4.99. The van der Waals surface area contributed by atoms with Gasteiger partial charge in [-0.1, -0.05) is 6.07 Å². The molecule has 23 heavy (non-hydrogen) atoms. The number of halogens is 3. The number of hydrogen-bond donors (Lipinski definition) is 2. The number of anilines is 2. The van der Waals surface area contributed by atoms with Crippen LogP contribution >= 0.6 is 0 Å². The van der Waals surface area contributed by atoms with Gasteiger partial charge >= 0.3 is 6.18 Å². The number of fused-ring (bicyclic) bond motifs is 1. The van der Waals surface area contributed by atoms with Gasteiger partial charge in [-0.25, -0.2) is 0 Å². The van der Waals surface area contributed by atoms with Crippen LogP contribution < -0.4 is 15.4 Å². The van der Waals surface area contributed by atoms with Crippen molar-refractivity contribution in [1.29, 1.82) is 0 Å². The summed E-state index contributed by atoms with van der Waals surface area (Å²) in [6, 6.07) is 9.39. The van der Waals surface area contributed by atoms with Crippen molar-refractivity contribution in [2.24, 2.45) is 0 Å². The number of carbonyl (C=O) groups excluding carboxylic acids is 1. The zero-order valence-electron chi connectivity index (χ0n) is 11.9. The van der Waals surface area contributed by atoms with Crippen molar-refractivity contribution in [3.05, 3.63) is 53.6 Å². The summed E-state index contributed by atoms with van der Waals surface area (Å²) in [7, 11) is 0. The molecule has 2 aromatic carbocycles. The Balaban J connectivity index is 1.80. The molecule has 0 fully saturated rings. The molecule has 0 atom stereocenters. The molecule has 0 bridgehead atoms. The first kappa shape index (κ1) is 15.2. The fraction of sp³-hybridized carbons (Fsp3) is 0.188. The molecule has 0 saturated carbocycles. The largest absolute Gasteiger partial charge is 0.489 e. The first-order chi connectivity index (χ1) is 10.9. The molecular weight excluding hydrogens is 309 g/mol. The average molecular weight is 322 g/mol. The lowest BCUT2D eigenvalue weighted by atomic mass is 10.1. The van der Waals surface area contributed by atoms with E-state index in [1.807, 2.05) is 0 Å². The van der Waals surface area contributed by atoms with E-state index in [1.165, 1.54) is 12.1 Å². The summed E-state index contributed by atoms with van der Waals surface area (Å²) in [5.41, 5.74) is 0.565. The molecule has 1 aliphatic heterocycles. The fourth-order valence-electron chi connectivity index (χ4n) is 2.29. The van der Waals surface area contributed by atoms with E-state index in [0.717, 1.165) is 17.8 Å². The SMILES string of the molecule is O=C(Nc1ccc(C(F)(F)F)cc1)c1cccc2c1OCCN2. The quantitative estimate of drug-likeness (QED) is 0.885. The van der Waals surface area contributed by atoms with E-state index in [4.69, 9.17) is 4.74 Å². The van der Waals surface area contributed by atoms with Crippen LogP contribution in [0.3, 0.4) is 0 Å². The van der Waals surface area contributed by atoms with Crippen molar-refractivity contribution in [3.8, 4) is 5.75 Å². The molecule has 0 unspecified atom stereocenters. The molecule has 0 saturated heterocycles. The lowest BCUT2D eigenvalue weighted by Gasteiger charge is -2.21. The van der Waals surface area contributed by atoms with Gasteiger partial charge in [-0.3, -0.25) is 4.79 Å². The van der Waals surface area contributed by atoms with Crippen molar-refractivity contribution in [3.63, 3.8) is 0 Å². The lowest BCUT2D eigenvalue weighted by Crippen LogP contribution is -2.21. The van der Waals surface area contributed by atoms with Crippen LogP contribution in [0.1, 0.15) is 15.9 Å². The number of benzene rings is 2. The van der Waals surface area contributed by atoms with E-state index in [0.29, 0.717) is 24.5 Å². The number of alkyl halides is 3. The van der Waals surface area contributed by atoms with Crippen molar-refractivity contribution in [2.45, 2.75) is 6.18 Å². The molecule has 2 aromatic rings. The Hall–Kier alpha value is -2.70. The van der Waals surface area contributed by atoms with E-state index in [9.17, 15) is 18.0 Å². The third-order valence-corrected chi connectivity index (χ3v) is 3.39. The zero-order valence-corrected chi connectivity index (χ0v) is 11.9. The molecule has 1 amide bonds. The monoisotopic (exact) mass is 322 g/mol. The normalized spacial score (nSPS) is 13.5. The molecule has 4 nitrogen and oxygen atoms in total. The summed E-state index contributed by atoms with van der Waals surface area (Å²) in [6.45, 7) is 1.09. The molecule has 120 valence electrons. The highest BCUT2D eigenvalue weighted by molar-refractivity contribution is 6.07. The zero-order chi connectivity index (χ0) is 16.4. The first-order valence-electron chi connectivity index (χ1n) is 6.93. The third kappa shape index (κ3) is 3.23. The highest BCUT2D eigenvalue weighted by Gasteiger charge is 2.30. The Bertz CT molecular complexity index is 727. The number of rotatable bonds is 2. The minimum absolute atomic E-state index is 0.282. The van der Waals surface area contributed by atoms with E-state index in [-0.39, 0.29) is 5.69 Å². The number of carbonyl (C=O) groups is 1. The average Bonchev–Trinajstić information content (AvgIpc) is 2.54.